The van der Waals surface area contributed by atoms with Gasteiger partial charge in [0.1, 0.15) is 12.4 Å². The molecule has 0 N–H and O–H groups in total. The van der Waals surface area contributed by atoms with Crippen LogP contribution in [0, 0.1) is 10.1 Å². The molecule has 0 atom stereocenters. The third kappa shape index (κ3) is 2.99. The maximum Gasteiger partial charge on any atom is 0.276 e. The third-order valence-electron chi connectivity index (χ3n) is 2.40. The molecule has 92 valence electrons. The maximum absolute atomic E-state index is 10.8. The van der Waals surface area contributed by atoms with E-state index in [1.165, 1.54) is 6.07 Å². The van der Waals surface area contributed by atoms with Gasteiger partial charge in [0, 0.05) is 11.1 Å². The lowest BCUT2D eigenvalue weighted by Gasteiger charge is -2.06. The number of benzene rings is 2. The first-order chi connectivity index (χ1) is 8.66. The molecule has 0 aliphatic carbocycles. The van der Waals surface area contributed by atoms with Crippen molar-refractivity contribution in [2.24, 2.45) is 0 Å². The summed E-state index contributed by atoms with van der Waals surface area (Å²) in [7, 11) is 0. The van der Waals surface area contributed by atoms with E-state index in [0.717, 1.165) is 0 Å². The van der Waals surface area contributed by atoms with Crippen molar-refractivity contribution in [3.63, 3.8) is 0 Å². The Bertz CT molecular complexity index is 554. The zero-order valence-corrected chi connectivity index (χ0v) is 10.1. The van der Waals surface area contributed by atoms with Crippen molar-refractivity contribution in [3.8, 4) is 5.75 Å². The van der Waals surface area contributed by atoms with Gasteiger partial charge >= 0.3 is 0 Å². The summed E-state index contributed by atoms with van der Waals surface area (Å²) >= 11 is 5.75. The average molecular weight is 264 g/mol. The van der Waals surface area contributed by atoms with Gasteiger partial charge in [-0.3, -0.25) is 10.1 Å². The van der Waals surface area contributed by atoms with Crippen molar-refractivity contribution in [3.05, 3.63) is 69.2 Å². The number of hydrogen-bond acceptors (Lipinski definition) is 3. The van der Waals surface area contributed by atoms with Gasteiger partial charge in [-0.05, 0) is 30.3 Å². The third-order valence-corrected chi connectivity index (χ3v) is 2.65. The summed E-state index contributed by atoms with van der Waals surface area (Å²) in [6, 6.07) is 13.4. The van der Waals surface area contributed by atoms with Gasteiger partial charge in [-0.25, -0.2) is 0 Å². The highest BCUT2D eigenvalue weighted by Gasteiger charge is 2.12. The smallest absolute Gasteiger partial charge is 0.276 e. The minimum atomic E-state index is -0.416. The van der Waals surface area contributed by atoms with Crippen LogP contribution in [0.5, 0.6) is 5.75 Å². The molecule has 0 heterocycles. The van der Waals surface area contributed by atoms with Crippen LogP contribution in [-0.4, -0.2) is 4.92 Å². The fourth-order valence-corrected chi connectivity index (χ4v) is 1.63. The summed E-state index contributed by atoms with van der Waals surface area (Å²) in [6.07, 6.45) is 0. The van der Waals surface area contributed by atoms with Crippen LogP contribution in [0.3, 0.4) is 0 Å². The van der Waals surface area contributed by atoms with Crippen molar-refractivity contribution < 1.29 is 9.66 Å². The van der Waals surface area contributed by atoms with E-state index >= 15 is 0 Å². The van der Waals surface area contributed by atoms with E-state index in [1.54, 1.807) is 42.5 Å². The monoisotopic (exact) mass is 263 g/mol. The molecular formula is C13H10ClNO3. The quantitative estimate of drug-likeness (QED) is 0.622. The molecule has 0 aromatic heterocycles. The molecule has 0 saturated heterocycles. The van der Waals surface area contributed by atoms with Gasteiger partial charge in [0.15, 0.2) is 0 Å². The highest BCUT2D eigenvalue weighted by atomic mass is 35.5. The van der Waals surface area contributed by atoms with Crippen LogP contribution in [0.4, 0.5) is 5.69 Å². The van der Waals surface area contributed by atoms with E-state index in [1.807, 2.05) is 0 Å². The predicted octanol–water partition coefficient (Wildman–Crippen LogP) is 3.83. The SMILES string of the molecule is O=[N+]([O-])c1ccccc1COc1ccc(Cl)cc1. The Kier molecular flexibility index (Phi) is 3.79. The highest BCUT2D eigenvalue weighted by molar-refractivity contribution is 6.30. The van der Waals surface area contributed by atoms with Crippen LogP contribution in [0.1, 0.15) is 5.56 Å². The van der Waals surface area contributed by atoms with Crippen molar-refractivity contribution in [1.29, 1.82) is 0 Å². The molecule has 0 unspecified atom stereocenters. The van der Waals surface area contributed by atoms with E-state index in [2.05, 4.69) is 0 Å². The second-order valence-electron chi connectivity index (χ2n) is 3.63. The molecule has 0 spiro atoms. The van der Waals surface area contributed by atoms with Gasteiger partial charge in [-0.2, -0.15) is 0 Å². The largest absolute Gasteiger partial charge is 0.489 e. The molecule has 4 nitrogen and oxygen atoms in total. The Hall–Kier alpha value is -2.07. The molecule has 2 aromatic rings. The molecule has 2 rings (SSSR count). The van der Waals surface area contributed by atoms with Crippen molar-refractivity contribution >= 4 is 17.3 Å². The zero-order valence-electron chi connectivity index (χ0n) is 9.38. The number of para-hydroxylation sites is 1. The van der Waals surface area contributed by atoms with E-state index in [4.69, 9.17) is 16.3 Å². The molecule has 0 saturated carbocycles. The first kappa shape index (κ1) is 12.4. The van der Waals surface area contributed by atoms with Gasteiger partial charge < -0.3 is 4.74 Å². The molecule has 0 fully saturated rings. The van der Waals surface area contributed by atoms with Gasteiger partial charge in [-0.1, -0.05) is 23.7 Å². The number of ether oxygens (including phenoxy) is 1. The summed E-state index contributed by atoms with van der Waals surface area (Å²) in [4.78, 5) is 10.4. The van der Waals surface area contributed by atoms with E-state index < -0.39 is 4.92 Å². The molecular weight excluding hydrogens is 254 g/mol. The number of nitro benzene ring substituents is 1. The van der Waals surface area contributed by atoms with Crippen LogP contribution in [0.15, 0.2) is 48.5 Å². The molecule has 0 bridgehead atoms. The highest BCUT2D eigenvalue weighted by Crippen LogP contribution is 2.21. The van der Waals surface area contributed by atoms with Gasteiger partial charge in [0.25, 0.3) is 5.69 Å². The molecule has 18 heavy (non-hydrogen) atoms. The second kappa shape index (κ2) is 5.51. The van der Waals surface area contributed by atoms with Crippen molar-refractivity contribution in [2.75, 3.05) is 0 Å². The lowest BCUT2D eigenvalue weighted by atomic mass is 10.2. The van der Waals surface area contributed by atoms with E-state index in [-0.39, 0.29) is 12.3 Å². The normalized spacial score (nSPS) is 10.1. The van der Waals surface area contributed by atoms with E-state index in [9.17, 15) is 10.1 Å². The summed E-state index contributed by atoms with van der Waals surface area (Å²) < 4.78 is 5.47. The summed E-state index contributed by atoms with van der Waals surface area (Å²) in [5, 5.41) is 11.4. The molecule has 0 aliphatic rings. The topological polar surface area (TPSA) is 52.4 Å². The fourth-order valence-electron chi connectivity index (χ4n) is 1.50. The Morgan fingerprint density at radius 2 is 1.78 bits per heavy atom. The van der Waals surface area contributed by atoms with Crippen LogP contribution in [-0.2, 0) is 6.61 Å². The molecule has 0 amide bonds. The summed E-state index contributed by atoms with van der Waals surface area (Å²) in [5.74, 6) is 0.623. The lowest BCUT2D eigenvalue weighted by molar-refractivity contribution is -0.385. The number of nitro groups is 1. The molecule has 5 heteroatoms. The number of halogens is 1. The maximum atomic E-state index is 10.8. The van der Waals surface area contributed by atoms with Crippen molar-refractivity contribution in [1.82, 2.24) is 0 Å². The van der Waals surface area contributed by atoms with Gasteiger partial charge in [0.2, 0.25) is 0 Å². The number of rotatable bonds is 4. The minimum Gasteiger partial charge on any atom is -0.489 e. The molecule has 0 radical (unpaired) electrons. The Morgan fingerprint density at radius 3 is 2.44 bits per heavy atom. The zero-order chi connectivity index (χ0) is 13.0. The first-order valence-corrected chi connectivity index (χ1v) is 5.65. The summed E-state index contributed by atoms with van der Waals surface area (Å²) in [5.41, 5.74) is 0.601. The summed E-state index contributed by atoms with van der Waals surface area (Å²) in [6.45, 7) is 0.152. The first-order valence-electron chi connectivity index (χ1n) is 5.27. The Balaban J connectivity index is 2.10. The van der Waals surface area contributed by atoms with Crippen LogP contribution < -0.4 is 4.74 Å². The van der Waals surface area contributed by atoms with Crippen molar-refractivity contribution in [2.45, 2.75) is 6.61 Å². The second-order valence-corrected chi connectivity index (χ2v) is 4.06. The van der Waals surface area contributed by atoms with Crippen LogP contribution in [0.25, 0.3) is 0 Å². The standard InChI is InChI=1S/C13H10ClNO3/c14-11-5-7-12(8-6-11)18-9-10-3-1-2-4-13(10)15(16)17/h1-8H,9H2. The van der Waals surface area contributed by atoms with Gasteiger partial charge in [0.05, 0.1) is 10.5 Å². The average Bonchev–Trinajstić information content (AvgIpc) is 2.38. The lowest BCUT2D eigenvalue weighted by Crippen LogP contribution is -2.00. The minimum absolute atomic E-state index is 0.0615. The van der Waals surface area contributed by atoms with Crippen LogP contribution >= 0.6 is 11.6 Å². The molecule has 0 aliphatic heterocycles. The number of hydrogen-bond donors (Lipinski definition) is 0. The predicted molar refractivity (Wildman–Crippen MR) is 68.9 cm³/mol. The Morgan fingerprint density at radius 1 is 1.11 bits per heavy atom. The van der Waals surface area contributed by atoms with Gasteiger partial charge in [-0.15, -0.1) is 0 Å². The fraction of sp³-hybridized carbons (Fsp3) is 0.0769. The van der Waals surface area contributed by atoms with E-state index in [0.29, 0.717) is 16.3 Å². The molecule has 2 aromatic carbocycles. The van der Waals surface area contributed by atoms with Crippen LogP contribution in [0.2, 0.25) is 5.02 Å². The Labute approximate surface area is 109 Å². The number of nitrogens with zero attached hydrogens (tertiary/aromatic N) is 1.